The molecule has 132 valence electrons. The first-order valence-electron chi connectivity index (χ1n) is 9.35. The lowest BCUT2D eigenvalue weighted by Crippen LogP contribution is -2.37. The minimum absolute atomic E-state index is 0.0910. The number of hydrogen-bond acceptors (Lipinski definition) is 5. The van der Waals surface area contributed by atoms with E-state index in [1.807, 2.05) is 42.7 Å². The van der Waals surface area contributed by atoms with E-state index in [0.29, 0.717) is 5.92 Å². The van der Waals surface area contributed by atoms with Crippen LogP contribution in [0.15, 0.2) is 42.7 Å². The number of fused-ring (bicyclic) bond motifs is 1. The molecule has 0 bridgehead atoms. The Bertz CT molecular complexity index is 939. The van der Waals surface area contributed by atoms with Gasteiger partial charge in [-0.05, 0) is 25.7 Å². The number of ketones is 1. The average molecular weight is 347 g/mol. The largest absolute Gasteiger partial charge is 0.353 e. The van der Waals surface area contributed by atoms with E-state index in [2.05, 4.69) is 24.5 Å². The Morgan fingerprint density at radius 2 is 1.77 bits per heavy atom. The van der Waals surface area contributed by atoms with Crippen LogP contribution in [0.1, 0.15) is 47.8 Å². The van der Waals surface area contributed by atoms with E-state index in [9.17, 15) is 4.79 Å². The summed E-state index contributed by atoms with van der Waals surface area (Å²) >= 11 is 0. The van der Waals surface area contributed by atoms with Crippen LogP contribution < -0.4 is 4.90 Å². The molecule has 1 aliphatic carbocycles. The van der Waals surface area contributed by atoms with E-state index in [-0.39, 0.29) is 11.7 Å². The fraction of sp³-hybridized carbons (Fsp3) is 0.400. The van der Waals surface area contributed by atoms with Crippen LogP contribution in [0.4, 0.5) is 5.82 Å². The lowest BCUT2D eigenvalue weighted by molar-refractivity contribution is 0.0900. The number of piperidine rings is 1. The van der Waals surface area contributed by atoms with Gasteiger partial charge in [-0.25, -0.2) is 4.98 Å². The van der Waals surface area contributed by atoms with Gasteiger partial charge in [-0.2, -0.15) is 0 Å². The molecule has 0 unspecified atom stereocenters. The van der Waals surface area contributed by atoms with Crippen LogP contribution in [0.2, 0.25) is 0 Å². The maximum absolute atomic E-state index is 12.7. The quantitative estimate of drug-likeness (QED) is 0.679. The Morgan fingerprint density at radius 1 is 1.00 bits per heavy atom. The molecule has 3 heterocycles. The van der Waals surface area contributed by atoms with Crippen LogP contribution in [0, 0.1) is 5.92 Å². The van der Waals surface area contributed by atoms with Gasteiger partial charge in [-0.1, -0.05) is 30.3 Å². The molecule has 0 atom stereocenters. The summed E-state index contributed by atoms with van der Waals surface area (Å²) in [5, 5.41) is 8.79. The highest BCUT2D eigenvalue weighted by molar-refractivity contribution is 5.98. The molecule has 2 fully saturated rings. The lowest BCUT2D eigenvalue weighted by atomic mass is 9.89. The van der Waals surface area contributed by atoms with Crippen LogP contribution in [-0.2, 0) is 0 Å². The molecular formula is C20H21N5O. The third kappa shape index (κ3) is 2.66. The van der Waals surface area contributed by atoms with E-state index in [4.69, 9.17) is 0 Å². The summed E-state index contributed by atoms with van der Waals surface area (Å²) in [5.74, 6) is 2.84. The van der Waals surface area contributed by atoms with Crippen molar-refractivity contribution in [3.05, 3.63) is 54.1 Å². The van der Waals surface area contributed by atoms with Crippen molar-refractivity contribution in [2.75, 3.05) is 18.0 Å². The van der Waals surface area contributed by atoms with Gasteiger partial charge in [0.05, 0.1) is 0 Å². The summed E-state index contributed by atoms with van der Waals surface area (Å²) in [6, 6.07) is 9.62. The first-order chi connectivity index (χ1) is 12.8. The Morgan fingerprint density at radius 3 is 2.50 bits per heavy atom. The Balaban J connectivity index is 1.34. The number of benzene rings is 1. The number of anilines is 1. The molecule has 1 aliphatic heterocycles. The number of nitrogens with zero attached hydrogens (tertiary/aromatic N) is 5. The number of rotatable bonds is 4. The minimum atomic E-state index is 0.0910. The second-order valence-corrected chi connectivity index (χ2v) is 7.27. The highest BCUT2D eigenvalue weighted by Crippen LogP contribution is 2.39. The topological polar surface area (TPSA) is 63.4 Å². The van der Waals surface area contributed by atoms with Gasteiger partial charge in [0.25, 0.3) is 0 Å². The number of carbonyl (C=O) groups is 1. The Hall–Kier alpha value is -2.76. The van der Waals surface area contributed by atoms with Crippen molar-refractivity contribution < 1.29 is 4.79 Å². The molecule has 1 saturated carbocycles. The van der Waals surface area contributed by atoms with Gasteiger partial charge >= 0.3 is 0 Å². The van der Waals surface area contributed by atoms with Gasteiger partial charge in [-0.15, -0.1) is 10.2 Å². The van der Waals surface area contributed by atoms with Gasteiger partial charge in [-0.3, -0.25) is 9.20 Å². The summed E-state index contributed by atoms with van der Waals surface area (Å²) in [7, 11) is 0. The standard InChI is InChI=1S/C20H21N5O/c26-17(14-4-2-1-3-5-14)15-8-11-24(12-9-15)19-20-23-22-18(16-6-7-16)25(20)13-10-21-19/h1-5,10,13,15-16H,6-9,11-12H2. The molecule has 6 nitrogen and oxygen atoms in total. The third-order valence-electron chi connectivity index (χ3n) is 5.50. The summed E-state index contributed by atoms with van der Waals surface area (Å²) in [6.07, 6.45) is 7.88. The van der Waals surface area contributed by atoms with E-state index in [1.54, 1.807) is 0 Å². The van der Waals surface area contributed by atoms with Crippen LogP contribution in [0.25, 0.3) is 5.65 Å². The molecule has 3 aromatic rings. The summed E-state index contributed by atoms with van der Waals surface area (Å²) in [6.45, 7) is 1.64. The zero-order valence-electron chi connectivity index (χ0n) is 14.6. The fourth-order valence-electron chi connectivity index (χ4n) is 3.87. The van der Waals surface area contributed by atoms with Crippen LogP contribution in [0.3, 0.4) is 0 Å². The van der Waals surface area contributed by atoms with Gasteiger partial charge in [0.2, 0.25) is 5.65 Å². The van der Waals surface area contributed by atoms with Crippen molar-refractivity contribution in [1.82, 2.24) is 19.6 Å². The second kappa shape index (κ2) is 6.20. The molecule has 0 amide bonds. The molecule has 0 radical (unpaired) electrons. The Kier molecular flexibility index (Phi) is 3.69. The van der Waals surface area contributed by atoms with Crippen LogP contribution in [-0.4, -0.2) is 38.5 Å². The summed E-state index contributed by atoms with van der Waals surface area (Å²) in [4.78, 5) is 19.5. The first kappa shape index (κ1) is 15.5. The molecule has 1 saturated heterocycles. The second-order valence-electron chi connectivity index (χ2n) is 7.27. The molecule has 5 rings (SSSR count). The monoisotopic (exact) mass is 347 g/mol. The van der Waals surface area contributed by atoms with Crippen molar-refractivity contribution >= 4 is 17.2 Å². The summed E-state index contributed by atoms with van der Waals surface area (Å²) in [5.41, 5.74) is 1.65. The van der Waals surface area contributed by atoms with Crippen molar-refractivity contribution in [1.29, 1.82) is 0 Å². The van der Waals surface area contributed by atoms with Gasteiger partial charge in [0, 0.05) is 42.9 Å². The molecule has 2 aliphatic rings. The van der Waals surface area contributed by atoms with E-state index >= 15 is 0 Å². The highest BCUT2D eigenvalue weighted by atomic mass is 16.1. The van der Waals surface area contributed by atoms with Gasteiger partial charge in [0.1, 0.15) is 5.82 Å². The fourth-order valence-corrected chi connectivity index (χ4v) is 3.87. The van der Waals surface area contributed by atoms with Crippen LogP contribution in [0.5, 0.6) is 0 Å². The maximum Gasteiger partial charge on any atom is 0.203 e. The third-order valence-corrected chi connectivity index (χ3v) is 5.50. The average Bonchev–Trinajstić information content (AvgIpc) is 3.46. The van der Waals surface area contributed by atoms with Crippen molar-refractivity contribution in [2.24, 2.45) is 5.92 Å². The zero-order valence-corrected chi connectivity index (χ0v) is 14.6. The van der Waals surface area contributed by atoms with Crippen LogP contribution >= 0.6 is 0 Å². The highest BCUT2D eigenvalue weighted by Gasteiger charge is 2.31. The molecule has 0 N–H and O–H groups in total. The van der Waals surface area contributed by atoms with Crippen molar-refractivity contribution in [3.63, 3.8) is 0 Å². The predicted molar refractivity (Wildman–Crippen MR) is 98.5 cm³/mol. The Labute approximate surface area is 151 Å². The lowest BCUT2D eigenvalue weighted by Gasteiger charge is -2.32. The van der Waals surface area contributed by atoms with E-state index in [0.717, 1.165) is 48.8 Å². The zero-order chi connectivity index (χ0) is 17.5. The molecule has 1 aromatic carbocycles. The summed E-state index contributed by atoms with van der Waals surface area (Å²) < 4.78 is 2.08. The number of hydrogen-bond donors (Lipinski definition) is 0. The van der Waals surface area contributed by atoms with E-state index in [1.165, 1.54) is 12.8 Å². The number of Topliss-reactive ketones (excluding diaryl/α,β-unsaturated/α-hetero) is 1. The van der Waals surface area contributed by atoms with E-state index < -0.39 is 0 Å². The van der Waals surface area contributed by atoms with Gasteiger partial charge in [0.15, 0.2) is 11.6 Å². The van der Waals surface area contributed by atoms with Gasteiger partial charge < -0.3 is 4.90 Å². The predicted octanol–water partition coefficient (Wildman–Crippen LogP) is 3.10. The molecule has 26 heavy (non-hydrogen) atoms. The molecular weight excluding hydrogens is 326 g/mol. The first-order valence-corrected chi connectivity index (χ1v) is 9.35. The molecule has 6 heteroatoms. The van der Waals surface area contributed by atoms with Crippen molar-refractivity contribution in [2.45, 2.75) is 31.6 Å². The number of carbonyl (C=O) groups excluding carboxylic acids is 1. The van der Waals surface area contributed by atoms with Crippen molar-refractivity contribution in [3.8, 4) is 0 Å². The minimum Gasteiger partial charge on any atom is -0.353 e. The smallest absolute Gasteiger partial charge is 0.203 e. The molecule has 0 spiro atoms. The maximum atomic E-state index is 12.7. The molecule has 2 aromatic heterocycles. The number of aromatic nitrogens is 4. The normalized spacial score (nSPS) is 18.4. The SMILES string of the molecule is O=C(c1ccccc1)C1CCN(c2nccn3c(C4CC4)nnc23)CC1.